The summed E-state index contributed by atoms with van der Waals surface area (Å²) in [5, 5.41) is 5.61. The number of carbonyl (C=O) groups is 2. The van der Waals surface area contributed by atoms with E-state index in [1.165, 1.54) is 0 Å². The van der Waals surface area contributed by atoms with Gasteiger partial charge < -0.3 is 21.1 Å². The maximum Gasteiger partial charge on any atom is 0.253 e. The molecule has 1 aliphatic rings. The van der Waals surface area contributed by atoms with Crippen LogP contribution < -0.4 is 16.4 Å². The summed E-state index contributed by atoms with van der Waals surface area (Å²) < 4.78 is 5.33. The highest BCUT2D eigenvalue weighted by Crippen LogP contribution is 2.18. The first kappa shape index (κ1) is 16.5. The number of rotatable bonds is 5. The van der Waals surface area contributed by atoms with E-state index in [1.807, 2.05) is 0 Å². The number of nitrogens with two attached hydrogens (primary N) is 1. The van der Waals surface area contributed by atoms with Crippen molar-refractivity contribution in [1.29, 1.82) is 0 Å². The second-order valence-corrected chi connectivity index (χ2v) is 5.71. The Kier molecular flexibility index (Phi) is 5.51. The third-order valence-electron chi connectivity index (χ3n) is 3.84. The summed E-state index contributed by atoms with van der Waals surface area (Å²) in [6, 6.07) is 6.79. The lowest BCUT2D eigenvalue weighted by Crippen LogP contribution is -2.34. The fourth-order valence-electron chi connectivity index (χ4n) is 2.14. The molecule has 2 rings (SSSR count). The van der Waals surface area contributed by atoms with Crippen molar-refractivity contribution in [3.63, 3.8) is 0 Å². The Labute approximate surface area is 130 Å². The van der Waals surface area contributed by atoms with Gasteiger partial charge in [0.2, 0.25) is 5.91 Å². The van der Waals surface area contributed by atoms with Crippen molar-refractivity contribution in [3.8, 4) is 0 Å². The molecule has 22 heavy (non-hydrogen) atoms. The molecule has 3 atom stereocenters. The molecule has 0 radical (unpaired) electrons. The van der Waals surface area contributed by atoms with E-state index < -0.39 is 0 Å². The molecule has 1 aliphatic heterocycles. The Morgan fingerprint density at radius 1 is 1.18 bits per heavy atom. The number of amides is 2. The molecule has 1 fully saturated rings. The van der Waals surface area contributed by atoms with Crippen LogP contribution in [0.4, 0.5) is 11.4 Å². The summed E-state index contributed by atoms with van der Waals surface area (Å²) in [6.07, 6.45) is 1.32. The fourth-order valence-corrected chi connectivity index (χ4v) is 2.14. The van der Waals surface area contributed by atoms with Gasteiger partial charge in [-0.25, -0.2) is 0 Å². The van der Waals surface area contributed by atoms with E-state index in [2.05, 4.69) is 10.6 Å². The first-order chi connectivity index (χ1) is 10.5. The van der Waals surface area contributed by atoms with E-state index in [9.17, 15) is 9.59 Å². The Morgan fingerprint density at radius 3 is 2.27 bits per heavy atom. The summed E-state index contributed by atoms with van der Waals surface area (Å²) >= 11 is 0. The SMILES string of the molecule is CC(N)C(C)C(=O)Nc1ccc(NC(=O)C2CCCO2)cc1. The highest BCUT2D eigenvalue weighted by atomic mass is 16.5. The zero-order valence-electron chi connectivity index (χ0n) is 13.0. The van der Waals surface area contributed by atoms with Crippen LogP contribution in [0.15, 0.2) is 24.3 Å². The normalized spacial score (nSPS) is 20.2. The molecule has 0 bridgehead atoms. The van der Waals surface area contributed by atoms with Crippen LogP contribution in [0.3, 0.4) is 0 Å². The quantitative estimate of drug-likeness (QED) is 0.772. The molecule has 120 valence electrons. The lowest BCUT2D eigenvalue weighted by atomic mass is 10.0. The van der Waals surface area contributed by atoms with E-state index in [1.54, 1.807) is 38.1 Å². The predicted molar refractivity (Wildman–Crippen MR) is 85.5 cm³/mol. The minimum Gasteiger partial charge on any atom is -0.368 e. The number of carbonyl (C=O) groups excluding carboxylic acids is 2. The number of nitrogens with one attached hydrogen (secondary N) is 2. The van der Waals surface area contributed by atoms with E-state index in [0.717, 1.165) is 12.8 Å². The first-order valence-electron chi connectivity index (χ1n) is 7.56. The third kappa shape index (κ3) is 4.29. The standard InChI is InChI=1S/C16H23N3O3/c1-10(11(2)17)15(20)18-12-5-7-13(8-6-12)19-16(21)14-4-3-9-22-14/h5-8,10-11,14H,3-4,9,17H2,1-2H3,(H,18,20)(H,19,21). The second kappa shape index (κ2) is 7.38. The third-order valence-corrected chi connectivity index (χ3v) is 3.84. The van der Waals surface area contributed by atoms with Gasteiger partial charge in [-0.1, -0.05) is 6.92 Å². The average Bonchev–Trinajstić information content (AvgIpc) is 3.02. The van der Waals surface area contributed by atoms with E-state index in [-0.39, 0.29) is 29.9 Å². The highest BCUT2D eigenvalue weighted by Gasteiger charge is 2.23. The van der Waals surface area contributed by atoms with Gasteiger partial charge in [0, 0.05) is 24.0 Å². The molecule has 6 nitrogen and oxygen atoms in total. The van der Waals surface area contributed by atoms with Crippen molar-refractivity contribution in [3.05, 3.63) is 24.3 Å². The minimum atomic E-state index is -0.355. The molecule has 0 spiro atoms. The Balaban J connectivity index is 1.90. The molecule has 1 heterocycles. The lowest BCUT2D eigenvalue weighted by Gasteiger charge is -2.15. The van der Waals surface area contributed by atoms with Gasteiger partial charge >= 0.3 is 0 Å². The van der Waals surface area contributed by atoms with Crippen LogP contribution in [0.1, 0.15) is 26.7 Å². The number of hydrogen-bond donors (Lipinski definition) is 3. The van der Waals surface area contributed by atoms with Crippen molar-refractivity contribution < 1.29 is 14.3 Å². The monoisotopic (exact) mass is 305 g/mol. The van der Waals surface area contributed by atoms with Crippen molar-refractivity contribution in [2.45, 2.75) is 38.8 Å². The molecule has 3 unspecified atom stereocenters. The van der Waals surface area contributed by atoms with Crippen LogP contribution in [0, 0.1) is 5.92 Å². The summed E-state index contributed by atoms with van der Waals surface area (Å²) in [5.41, 5.74) is 7.06. The smallest absolute Gasteiger partial charge is 0.253 e. The van der Waals surface area contributed by atoms with Crippen LogP contribution in [0.2, 0.25) is 0 Å². The lowest BCUT2D eigenvalue weighted by molar-refractivity contribution is -0.124. The molecule has 1 aromatic rings. The van der Waals surface area contributed by atoms with Crippen molar-refractivity contribution in [2.24, 2.45) is 11.7 Å². The summed E-state index contributed by atoms with van der Waals surface area (Å²) in [5.74, 6) is -0.509. The number of hydrogen-bond acceptors (Lipinski definition) is 4. The molecule has 2 amide bonds. The van der Waals surface area contributed by atoms with Crippen LogP contribution in [-0.4, -0.2) is 30.6 Å². The fraction of sp³-hybridized carbons (Fsp3) is 0.500. The second-order valence-electron chi connectivity index (χ2n) is 5.71. The molecule has 6 heteroatoms. The van der Waals surface area contributed by atoms with Gasteiger partial charge in [-0.2, -0.15) is 0 Å². The van der Waals surface area contributed by atoms with Gasteiger partial charge in [0.15, 0.2) is 0 Å². The molecule has 1 aromatic carbocycles. The molecular formula is C16H23N3O3. The number of anilines is 2. The van der Waals surface area contributed by atoms with Crippen LogP contribution in [-0.2, 0) is 14.3 Å². The maximum atomic E-state index is 11.9. The zero-order valence-corrected chi connectivity index (χ0v) is 13.0. The maximum absolute atomic E-state index is 11.9. The minimum absolute atomic E-state index is 0.119. The Bertz CT molecular complexity index is 487. The average molecular weight is 305 g/mol. The Morgan fingerprint density at radius 2 is 1.77 bits per heavy atom. The molecule has 0 aliphatic carbocycles. The number of ether oxygens (including phenoxy) is 1. The van der Waals surface area contributed by atoms with Gasteiger partial charge in [-0.05, 0) is 44.0 Å². The van der Waals surface area contributed by atoms with Crippen LogP contribution in [0.25, 0.3) is 0 Å². The number of benzene rings is 1. The molecular weight excluding hydrogens is 282 g/mol. The van der Waals surface area contributed by atoms with Gasteiger partial charge in [-0.3, -0.25) is 9.59 Å². The first-order valence-corrected chi connectivity index (χ1v) is 7.56. The zero-order chi connectivity index (χ0) is 16.1. The van der Waals surface area contributed by atoms with Gasteiger partial charge in [0.05, 0.1) is 5.92 Å². The van der Waals surface area contributed by atoms with Crippen LogP contribution in [0.5, 0.6) is 0 Å². The summed E-state index contributed by atoms with van der Waals surface area (Å²) in [6.45, 7) is 4.23. The predicted octanol–water partition coefficient (Wildman–Crippen LogP) is 1.73. The summed E-state index contributed by atoms with van der Waals surface area (Å²) in [4.78, 5) is 23.8. The highest BCUT2D eigenvalue weighted by molar-refractivity contribution is 5.95. The van der Waals surface area contributed by atoms with Gasteiger partial charge in [0.25, 0.3) is 5.91 Å². The van der Waals surface area contributed by atoms with E-state index in [4.69, 9.17) is 10.5 Å². The largest absolute Gasteiger partial charge is 0.368 e. The molecule has 4 N–H and O–H groups in total. The van der Waals surface area contributed by atoms with Crippen LogP contribution >= 0.6 is 0 Å². The van der Waals surface area contributed by atoms with E-state index in [0.29, 0.717) is 18.0 Å². The van der Waals surface area contributed by atoms with Gasteiger partial charge in [0.1, 0.15) is 6.10 Å². The molecule has 1 saturated heterocycles. The van der Waals surface area contributed by atoms with Crippen molar-refractivity contribution in [2.75, 3.05) is 17.2 Å². The molecule has 0 saturated carbocycles. The van der Waals surface area contributed by atoms with Crippen molar-refractivity contribution >= 4 is 23.2 Å². The summed E-state index contributed by atoms with van der Waals surface area (Å²) in [7, 11) is 0. The van der Waals surface area contributed by atoms with Gasteiger partial charge in [-0.15, -0.1) is 0 Å². The molecule has 0 aromatic heterocycles. The Hall–Kier alpha value is -1.92. The van der Waals surface area contributed by atoms with Crippen molar-refractivity contribution in [1.82, 2.24) is 0 Å². The van der Waals surface area contributed by atoms with E-state index >= 15 is 0 Å². The topological polar surface area (TPSA) is 93.5 Å².